The Morgan fingerprint density at radius 2 is 0.914 bits per heavy atom. The second-order valence-corrected chi connectivity index (χ2v) is 17.9. The Balaban J connectivity index is 1.76. The Kier molecular flexibility index (Phi) is 41.7. The third kappa shape index (κ3) is 39.6. The zero-order valence-electron chi connectivity index (χ0n) is 38.7. The van der Waals surface area contributed by atoms with Crippen LogP contribution in [-0.4, -0.2) is 54.0 Å². The SMILES string of the molecule is CCCCCCCCC=CCCCCCCCCOC(=O)CCCCCCCCCCCCCCCN1CCN=C1CCCCCCCCCCCCCCC(=O)O. The summed E-state index contributed by atoms with van der Waals surface area (Å²) in [5, 5.41) is 8.69. The number of esters is 1. The van der Waals surface area contributed by atoms with Gasteiger partial charge in [0.25, 0.3) is 0 Å². The van der Waals surface area contributed by atoms with Crippen LogP contribution in [0.15, 0.2) is 17.1 Å². The van der Waals surface area contributed by atoms with Gasteiger partial charge >= 0.3 is 11.9 Å². The zero-order chi connectivity index (χ0) is 41.7. The first-order chi connectivity index (χ1) is 28.6. The van der Waals surface area contributed by atoms with Crippen molar-refractivity contribution >= 4 is 17.8 Å². The molecule has 0 amide bonds. The number of amidine groups is 1. The predicted octanol–water partition coefficient (Wildman–Crippen LogP) is 16.3. The van der Waals surface area contributed by atoms with E-state index in [4.69, 9.17) is 14.8 Å². The molecule has 0 fully saturated rings. The molecular formula is C52H98N2O4. The van der Waals surface area contributed by atoms with Gasteiger partial charge in [0.15, 0.2) is 0 Å². The lowest BCUT2D eigenvalue weighted by Crippen LogP contribution is -2.28. The number of nitrogens with zero attached hydrogens (tertiary/aromatic N) is 2. The fraction of sp³-hybridized carbons (Fsp3) is 0.904. The van der Waals surface area contributed by atoms with E-state index in [1.165, 1.54) is 237 Å². The smallest absolute Gasteiger partial charge is 0.305 e. The van der Waals surface area contributed by atoms with Gasteiger partial charge in [-0.3, -0.25) is 14.6 Å². The number of carboxylic acid groups (broad SMARTS) is 1. The molecule has 0 saturated carbocycles. The van der Waals surface area contributed by atoms with Crippen molar-refractivity contribution in [3.63, 3.8) is 0 Å². The van der Waals surface area contributed by atoms with Crippen LogP contribution in [0.5, 0.6) is 0 Å². The molecule has 0 radical (unpaired) electrons. The summed E-state index contributed by atoms with van der Waals surface area (Å²) >= 11 is 0. The minimum atomic E-state index is -0.659. The van der Waals surface area contributed by atoms with Crippen molar-refractivity contribution in [2.45, 2.75) is 277 Å². The number of hydrogen-bond donors (Lipinski definition) is 1. The molecule has 0 aliphatic carbocycles. The Hall–Kier alpha value is -1.85. The van der Waals surface area contributed by atoms with Crippen LogP contribution in [0.1, 0.15) is 277 Å². The second-order valence-electron chi connectivity index (χ2n) is 17.9. The van der Waals surface area contributed by atoms with Crippen molar-refractivity contribution in [1.29, 1.82) is 0 Å². The standard InChI is InChI=1S/C52H98N2O4/c1-2-3-4-5-6-7-8-9-10-11-17-22-27-32-37-42-49-58-52(57)45-40-35-30-25-20-13-12-16-21-26-31-36-41-47-54-48-46-53-50(54)43-38-33-28-23-18-14-15-19-24-29-34-39-44-51(55)56/h9-10H,2-8,11-49H2,1H3,(H,55,56). The minimum Gasteiger partial charge on any atom is -0.481 e. The molecule has 0 spiro atoms. The van der Waals surface area contributed by atoms with E-state index in [-0.39, 0.29) is 5.97 Å². The summed E-state index contributed by atoms with van der Waals surface area (Å²) in [5.41, 5.74) is 0. The van der Waals surface area contributed by atoms with Crippen molar-refractivity contribution in [3.8, 4) is 0 Å². The molecule has 1 heterocycles. The molecule has 0 bridgehead atoms. The fourth-order valence-electron chi connectivity index (χ4n) is 8.46. The van der Waals surface area contributed by atoms with Crippen LogP contribution in [-0.2, 0) is 14.3 Å². The molecule has 340 valence electrons. The second kappa shape index (κ2) is 44.7. The van der Waals surface area contributed by atoms with Gasteiger partial charge in [-0.2, -0.15) is 0 Å². The minimum absolute atomic E-state index is 0.0129. The van der Waals surface area contributed by atoms with Crippen molar-refractivity contribution in [3.05, 3.63) is 12.2 Å². The number of aliphatic carboxylic acids is 1. The Morgan fingerprint density at radius 1 is 0.517 bits per heavy atom. The van der Waals surface area contributed by atoms with E-state index in [0.717, 1.165) is 45.2 Å². The van der Waals surface area contributed by atoms with Gasteiger partial charge in [0.2, 0.25) is 0 Å². The third-order valence-corrected chi connectivity index (χ3v) is 12.3. The van der Waals surface area contributed by atoms with E-state index in [1.54, 1.807) is 0 Å². The van der Waals surface area contributed by atoms with Gasteiger partial charge in [-0.25, -0.2) is 0 Å². The van der Waals surface area contributed by atoms with Crippen LogP contribution in [0.25, 0.3) is 0 Å². The molecule has 6 nitrogen and oxygen atoms in total. The highest BCUT2D eigenvalue weighted by molar-refractivity contribution is 5.83. The lowest BCUT2D eigenvalue weighted by Gasteiger charge is -2.20. The van der Waals surface area contributed by atoms with E-state index >= 15 is 0 Å². The quantitative estimate of drug-likeness (QED) is 0.0376. The lowest BCUT2D eigenvalue weighted by molar-refractivity contribution is -0.144. The number of carbonyl (C=O) groups excluding carboxylic acids is 1. The number of allylic oxidation sites excluding steroid dienone is 2. The summed E-state index contributed by atoms with van der Waals surface area (Å²) in [6.45, 7) is 6.24. The highest BCUT2D eigenvalue weighted by Gasteiger charge is 2.15. The van der Waals surface area contributed by atoms with E-state index in [0.29, 0.717) is 19.4 Å². The Morgan fingerprint density at radius 3 is 1.40 bits per heavy atom. The van der Waals surface area contributed by atoms with Crippen molar-refractivity contribution < 1.29 is 19.4 Å². The number of rotatable bonds is 47. The van der Waals surface area contributed by atoms with Gasteiger partial charge in [0.05, 0.1) is 19.0 Å². The molecule has 6 heteroatoms. The van der Waals surface area contributed by atoms with Crippen molar-refractivity contribution in [2.24, 2.45) is 4.99 Å². The zero-order valence-corrected chi connectivity index (χ0v) is 38.7. The number of aliphatic imine (C=N–C) groups is 1. The molecule has 0 aromatic heterocycles. The van der Waals surface area contributed by atoms with Gasteiger partial charge in [0, 0.05) is 32.4 Å². The lowest BCUT2D eigenvalue weighted by atomic mass is 10.0. The van der Waals surface area contributed by atoms with Gasteiger partial charge in [-0.15, -0.1) is 0 Å². The largest absolute Gasteiger partial charge is 0.481 e. The van der Waals surface area contributed by atoms with E-state index < -0.39 is 5.97 Å². The van der Waals surface area contributed by atoms with Crippen LogP contribution in [0.2, 0.25) is 0 Å². The first kappa shape index (κ1) is 54.2. The van der Waals surface area contributed by atoms with Crippen LogP contribution in [0.3, 0.4) is 0 Å². The van der Waals surface area contributed by atoms with Crippen LogP contribution < -0.4 is 0 Å². The highest BCUT2D eigenvalue weighted by atomic mass is 16.5. The molecule has 58 heavy (non-hydrogen) atoms. The maximum Gasteiger partial charge on any atom is 0.305 e. The number of ether oxygens (including phenoxy) is 1. The molecule has 0 aromatic rings. The maximum atomic E-state index is 12.1. The number of hydrogen-bond acceptors (Lipinski definition) is 5. The number of carbonyl (C=O) groups is 2. The summed E-state index contributed by atoms with van der Waals surface area (Å²) in [5.74, 6) is 0.743. The Labute approximate surface area is 361 Å². The van der Waals surface area contributed by atoms with Crippen LogP contribution in [0.4, 0.5) is 0 Å². The summed E-state index contributed by atoms with van der Waals surface area (Å²) in [6, 6.07) is 0. The van der Waals surface area contributed by atoms with E-state index in [1.807, 2.05) is 0 Å². The normalized spacial score (nSPS) is 12.9. The number of carboxylic acids is 1. The van der Waals surface area contributed by atoms with Gasteiger partial charge in [0.1, 0.15) is 0 Å². The van der Waals surface area contributed by atoms with Gasteiger partial charge in [-0.1, -0.05) is 212 Å². The topological polar surface area (TPSA) is 79.2 Å². The van der Waals surface area contributed by atoms with Crippen molar-refractivity contribution in [1.82, 2.24) is 4.90 Å². The summed E-state index contributed by atoms with van der Waals surface area (Å²) < 4.78 is 5.48. The third-order valence-electron chi connectivity index (χ3n) is 12.3. The first-order valence-electron chi connectivity index (χ1n) is 25.9. The highest BCUT2D eigenvalue weighted by Crippen LogP contribution is 2.17. The van der Waals surface area contributed by atoms with Gasteiger partial charge < -0.3 is 14.7 Å². The maximum absolute atomic E-state index is 12.1. The molecule has 0 saturated heterocycles. The van der Waals surface area contributed by atoms with Gasteiger partial charge in [-0.05, 0) is 57.8 Å². The predicted molar refractivity (Wildman–Crippen MR) is 251 cm³/mol. The molecular weight excluding hydrogens is 717 g/mol. The first-order valence-corrected chi connectivity index (χ1v) is 25.9. The molecule has 1 N–H and O–H groups in total. The van der Waals surface area contributed by atoms with Crippen molar-refractivity contribution in [2.75, 3.05) is 26.2 Å². The average molecular weight is 815 g/mol. The summed E-state index contributed by atoms with van der Waals surface area (Å²) in [4.78, 5) is 30.0. The van der Waals surface area contributed by atoms with Crippen LogP contribution >= 0.6 is 0 Å². The fourth-order valence-corrected chi connectivity index (χ4v) is 8.46. The molecule has 1 rings (SSSR count). The van der Waals surface area contributed by atoms with Crippen LogP contribution in [0, 0.1) is 0 Å². The van der Waals surface area contributed by atoms with E-state index in [9.17, 15) is 9.59 Å². The Bertz CT molecular complexity index is 950. The molecule has 0 aromatic carbocycles. The molecule has 1 aliphatic heterocycles. The number of unbranched alkanes of at least 4 members (excludes halogenated alkanes) is 35. The molecule has 1 aliphatic rings. The van der Waals surface area contributed by atoms with E-state index in [2.05, 4.69) is 24.0 Å². The summed E-state index contributed by atoms with van der Waals surface area (Å²) in [7, 11) is 0. The summed E-state index contributed by atoms with van der Waals surface area (Å²) in [6.07, 6.45) is 57.3. The molecule has 0 atom stereocenters. The molecule has 0 unspecified atom stereocenters. The monoisotopic (exact) mass is 815 g/mol. The average Bonchev–Trinajstić information content (AvgIpc) is 3.67.